The van der Waals surface area contributed by atoms with E-state index in [0.29, 0.717) is 33.8 Å². The molecule has 0 fully saturated rings. The van der Waals surface area contributed by atoms with Crippen molar-refractivity contribution in [3.05, 3.63) is 53.2 Å². The number of rotatable bonds is 10. The normalized spacial score (nSPS) is 13.1. The van der Waals surface area contributed by atoms with Gasteiger partial charge in [-0.2, -0.15) is 0 Å². The van der Waals surface area contributed by atoms with Gasteiger partial charge in [0, 0.05) is 44.9 Å². The molecule has 0 unspecified atom stereocenters. The van der Waals surface area contributed by atoms with Crippen molar-refractivity contribution >= 4 is 38.3 Å². The molecule has 3 rings (SSSR count). The van der Waals surface area contributed by atoms with E-state index in [-0.39, 0.29) is 24.3 Å². The van der Waals surface area contributed by atoms with Crippen LogP contribution in [0, 0.1) is 5.82 Å². The van der Waals surface area contributed by atoms with Crippen molar-refractivity contribution in [1.82, 2.24) is 20.3 Å². The molecular weight excluding hydrogens is 463 g/mol. The van der Waals surface area contributed by atoms with Gasteiger partial charge in [-0.3, -0.25) is 9.79 Å². The summed E-state index contributed by atoms with van der Waals surface area (Å²) in [5.74, 6) is -0.918. The maximum atomic E-state index is 13.7. The molecular formula is C22H27FN6O4S. The standard InChI is InChI=1S/C22H27FN6O4S/c1-24-17-9-13(23)5-6-15(17)19(25-2)18-11-27-21-20(29-18)16(10-26-21)22(30)28-14(12-33-3)7-8-34(4,31)32/h5-6,9-11,14,24H,7-8,12H2,1-4H3,(H,26,27)(H,28,30)/b25-19+/t14-/m0/s1. The van der Waals surface area contributed by atoms with Gasteiger partial charge in [-0.25, -0.2) is 22.8 Å². The lowest BCUT2D eigenvalue weighted by atomic mass is 10.0. The van der Waals surface area contributed by atoms with Crippen molar-refractivity contribution < 1.29 is 22.3 Å². The number of aromatic nitrogens is 3. The number of H-pyrrole nitrogens is 1. The van der Waals surface area contributed by atoms with Crippen molar-refractivity contribution in [2.45, 2.75) is 12.5 Å². The van der Waals surface area contributed by atoms with Gasteiger partial charge in [-0.05, 0) is 24.6 Å². The van der Waals surface area contributed by atoms with Crippen LogP contribution in [0.2, 0.25) is 0 Å². The number of carbonyl (C=O) groups excluding carboxylic acids is 1. The number of aromatic amines is 1. The number of nitrogens with zero attached hydrogens (tertiary/aromatic N) is 3. The van der Waals surface area contributed by atoms with Crippen LogP contribution in [-0.4, -0.2) is 80.9 Å². The monoisotopic (exact) mass is 490 g/mol. The number of ether oxygens (including phenoxy) is 1. The molecule has 0 saturated heterocycles. The van der Waals surface area contributed by atoms with Crippen LogP contribution in [0.4, 0.5) is 10.1 Å². The second kappa shape index (κ2) is 10.7. The molecule has 0 spiro atoms. The Labute approximate surface area is 197 Å². The number of halogens is 1. The Morgan fingerprint density at radius 2 is 2.09 bits per heavy atom. The zero-order valence-electron chi connectivity index (χ0n) is 19.3. The molecule has 1 atom stereocenters. The summed E-state index contributed by atoms with van der Waals surface area (Å²) in [4.78, 5) is 29.2. The molecule has 182 valence electrons. The highest BCUT2D eigenvalue weighted by Crippen LogP contribution is 2.22. The van der Waals surface area contributed by atoms with E-state index in [1.54, 1.807) is 20.2 Å². The fraction of sp³-hybridized carbons (Fsp3) is 0.364. The summed E-state index contributed by atoms with van der Waals surface area (Å²) in [6, 6.07) is 3.78. The topological polar surface area (TPSA) is 138 Å². The van der Waals surface area contributed by atoms with Crippen molar-refractivity contribution in [3.8, 4) is 0 Å². The molecule has 0 aliphatic rings. The number of nitrogens with one attached hydrogen (secondary N) is 3. The van der Waals surface area contributed by atoms with Crippen LogP contribution in [0.15, 0.2) is 35.6 Å². The van der Waals surface area contributed by atoms with Crippen LogP contribution in [0.5, 0.6) is 0 Å². The van der Waals surface area contributed by atoms with Crippen LogP contribution in [0.25, 0.3) is 11.2 Å². The van der Waals surface area contributed by atoms with Crippen LogP contribution in [0.1, 0.15) is 28.0 Å². The number of hydrogen-bond donors (Lipinski definition) is 3. The highest BCUT2D eigenvalue weighted by molar-refractivity contribution is 7.90. The lowest BCUT2D eigenvalue weighted by Gasteiger charge is -2.17. The first-order chi connectivity index (χ1) is 16.2. The van der Waals surface area contributed by atoms with Crippen molar-refractivity contribution in [2.75, 3.05) is 45.1 Å². The molecule has 0 radical (unpaired) electrons. The summed E-state index contributed by atoms with van der Waals surface area (Å²) in [6.07, 6.45) is 4.36. The van der Waals surface area contributed by atoms with Crippen molar-refractivity contribution in [2.24, 2.45) is 4.99 Å². The summed E-state index contributed by atoms with van der Waals surface area (Å²) >= 11 is 0. The number of fused-ring (bicyclic) bond motifs is 1. The third-order valence-electron chi connectivity index (χ3n) is 5.14. The lowest BCUT2D eigenvalue weighted by molar-refractivity contribution is 0.0896. The number of benzene rings is 1. The predicted molar refractivity (Wildman–Crippen MR) is 129 cm³/mol. The summed E-state index contributed by atoms with van der Waals surface area (Å²) in [5.41, 5.74) is 2.99. The van der Waals surface area contributed by atoms with Gasteiger partial charge in [0.15, 0.2) is 5.65 Å². The van der Waals surface area contributed by atoms with Gasteiger partial charge >= 0.3 is 0 Å². The fourth-order valence-corrected chi connectivity index (χ4v) is 4.21. The first-order valence-corrected chi connectivity index (χ1v) is 12.5. The number of anilines is 1. The zero-order valence-corrected chi connectivity index (χ0v) is 20.2. The van der Waals surface area contributed by atoms with Crippen LogP contribution < -0.4 is 10.6 Å². The molecule has 3 N–H and O–H groups in total. The minimum atomic E-state index is -3.19. The number of carbonyl (C=O) groups is 1. The average Bonchev–Trinajstić information content (AvgIpc) is 3.22. The van der Waals surface area contributed by atoms with Crippen molar-refractivity contribution in [3.63, 3.8) is 0 Å². The third kappa shape index (κ3) is 5.94. The summed E-state index contributed by atoms with van der Waals surface area (Å²) < 4.78 is 41.9. The maximum Gasteiger partial charge on any atom is 0.255 e. The van der Waals surface area contributed by atoms with E-state index in [1.807, 2.05) is 0 Å². The zero-order chi connectivity index (χ0) is 24.9. The van der Waals surface area contributed by atoms with E-state index in [1.165, 1.54) is 31.6 Å². The Kier molecular flexibility index (Phi) is 7.94. The molecule has 1 amide bonds. The Morgan fingerprint density at radius 3 is 2.74 bits per heavy atom. The SMILES string of the molecule is C/N=C(/c1cnc2[nH]cc(C(=O)N[C@@H](CCS(C)(=O)=O)COC)c2n1)c1ccc(F)cc1NC. The van der Waals surface area contributed by atoms with E-state index >= 15 is 0 Å². The molecule has 2 heterocycles. The minimum absolute atomic E-state index is 0.0824. The Bertz CT molecular complexity index is 1320. The second-order valence-electron chi connectivity index (χ2n) is 7.71. The highest BCUT2D eigenvalue weighted by Gasteiger charge is 2.21. The molecule has 0 aliphatic carbocycles. The van der Waals surface area contributed by atoms with Gasteiger partial charge in [0.25, 0.3) is 5.91 Å². The number of hydrogen-bond acceptors (Lipinski definition) is 8. The van der Waals surface area contributed by atoms with E-state index in [0.717, 1.165) is 6.26 Å². The summed E-state index contributed by atoms with van der Waals surface area (Å²) in [5, 5.41) is 5.75. The van der Waals surface area contributed by atoms with Gasteiger partial charge in [-0.15, -0.1) is 0 Å². The molecule has 0 bridgehead atoms. The predicted octanol–water partition coefficient (Wildman–Crippen LogP) is 1.79. The van der Waals surface area contributed by atoms with Gasteiger partial charge in [0.05, 0.1) is 35.9 Å². The molecule has 0 aliphatic heterocycles. The molecule has 0 saturated carbocycles. The van der Waals surface area contributed by atoms with E-state index < -0.39 is 27.6 Å². The number of sulfone groups is 1. The largest absolute Gasteiger partial charge is 0.387 e. The van der Waals surface area contributed by atoms with Crippen LogP contribution in [0.3, 0.4) is 0 Å². The minimum Gasteiger partial charge on any atom is -0.387 e. The molecule has 2 aromatic heterocycles. The Morgan fingerprint density at radius 1 is 1.32 bits per heavy atom. The summed E-state index contributed by atoms with van der Waals surface area (Å²) in [7, 11) is 1.55. The maximum absolute atomic E-state index is 13.7. The first-order valence-electron chi connectivity index (χ1n) is 10.4. The van der Waals surface area contributed by atoms with E-state index in [4.69, 9.17) is 4.74 Å². The molecule has 12 heteroatoms. The number of methoxy groups -OCH3 is 1. The fourth-order valence-electron chi connectivity index (χ4n) is 3.50. The quantitative estimate of drug-likeness (QED) is 0.368. The molecule has 34 heavy (non-hydrogen) atoms. The average molecular weight is 491 g/mol. The van der Waals surface area contributed by atoms with Crippen molar-refractivity contribution in [1.29, 1.82) is 0 Å². The van der Waals surface area contributed by atoms with E-state index in [9.17, 15) is 17.6 Å². The Balaban J connectivity index is 1.93. The molecule has 10 nitrogen and oxygen atoms in total. The third-order valence-corrected chi connectivity index (χ3v) is 6.12. The number of aliphatic imine (C=N–C) groups is 1. The summed E-state index contributed by atoms with van der Waals surface area (Å²) in [6.45, 7) is 0.157. The first kappa shape index (κ1) is 25.2. The smallest absolute Gasteiger partial charge is 0.255 e. The van der Waals surface area contributed by atoms with E-state index in [2.05, 4.69) is 30.6 Å². The van der Waals surface area contributed by atoms with Crippen LogP contribution in [-0.2, 0) is 14.6 Å². The molecule has 3 aromatic rings. The number of amides is 1. The van der Waals surface area contributed by atoms with Gasteiger partial charge in [-0.1, -0.05) is 0 Å². The van der Waals surface area contributed by atoms with Gasteiger partial charge in [0.1, 0.15) is 26.9 Å². The molecule has 1 aromatic carbocycles. The van der Waals surface area contributed by atoms with Crippen LogP contribution >= 0.6 is 0 Å². The van der Waals surface area contributed by atoms with Gasteiger partial charge in [0.2, 0.25) is 0 Å². The Hall–Kier alpha value is -3.38. The second-order valence-corrected chi connectivity index (χ2v) is 9.97. The van der Waals surface area contributed by atoms with Gasteiger partial charge < -0.3 is 20.4 Å². The highest BCUT2D eigenvalue weighted by atomic mass is 32.2. The lowest BCUT2D eigenvalue weighted by Crippen LogP contribution is -2.39.